The highest BCUT2D eigenvalue weighted by molar-refractivity contribution is 8.01. The number of allylic oxidation sites excluding steroid dienone is 3. The van der Waals surface area contributed by atoms with E-state index in [1.165, 1.54) is 5.75 Å². The summed E-state index contributed by atoms with van der Waals surface area (Å²) in [4.78, 5) is 0. The van der Waals surface area contributed by atoms with Crippen molar-refractivity contribution >= 4 is 11.8 Å². The number of thioether (sulfide) groups is 1. The molecule has 1 heterocycles. The minimum atomic E-state index is 0.447. The first-order chi connectivity index (χ1) is 6.29. The summed E-state index contributed by atoms with van der Waals surface area (Å²) < 4.78 is 0. The second kappa shape index (κ2) is 4.71. The van der Waals surface area contributed by atoms with Gasteiger partial charge in [-0.25, -0.2) is 0 Å². The maximum absolute atomic E-state index is 3.83. The Morgan fingerprint density at radius 3 is 2.08 bits per heavy atom. The van der Waals surface area contributed by atoms with Crippen LogP contribution in [-0.4, -0.2) is 11.0 Å². The molecule has 0 aromatic rings. The molecule has 0 amide bonds. The van der Waals surface area contributed by atoms with E-state index in [4.69, 9.17) is 0 Å². The summed E-state index contributed by atoms with van der Waals surface area (Å²) in [6.45, 7) is 11.5. The largest absolute Gasteiger partial charge is 0.157 e. The molecule has 1 unspecified atom stereocenters. The molecule has 0 aromatic heterocycles. The Balaban J connectivity index is 2.60. The van der Waals surface area contributed by atoms with Crippen LogP contribution in [0.3, 0.4) is 0 Å². The Kier molecular flexibility index (Phi) is 3.86. The molecule has 1 atom stereocenters. The monoisotopic (exact) mass is 194 g/mol. The van der Waals surface area contributed by atoms with Gasteiger partial charge in [-0.3, -0.25) is 0 Å². The van der Waals surface area contributed by atoms with Crippen molar-refractivity contribution in [1.29, 1.82) is 0 Å². The molecular weight excluding hydrogens is 176 g/mol. The van der Waals surface area contributed by atoms with Crippen molar-refractivity contribution in [2.45, 2.75) is 24.5 Å². The second-order valence-electron chi connectivity index (χ2n) is 3.67. The number of hydrogen-bond acceptors (Lipinski definition) is 1. The van der Waals surface area contributed by atoms with Crippen LogP contribution in [0.4, 0.5) is 0 Å². The lowest BCUT2D eigenvalue weighted by atomic mass is 9.77. The molecule has 0 spiro atoms. The van der Waals surface area contributed by atoms with Crippen molar-refractivity contribution in [3.63, 3.8) is 0 Å². The van der Waals surface area contributed by atoms with Crippen LogP contribution < -0.4 is 0 Å². The molecule has 1 aliphatic heterocycles. The maximum atomic E-state index is 3.83. The Hall–Kier alpha value is -0.430. The molecular formula is C12H18S. The van der Waals surface area contributed by atoms with E-state index in [1.54, 1.807) is 0 Å². The molecule has 1 saturated heterocycles. The Bertz CT molecular complexity index is 195. The Morgan fingerprint density at radius 2 is 1.77 bits per heavy atom. The molecule has 1 rings (SSSR count). The van der Waals surface area contributed by atoms with E-state index in [9.17, 15) is 0 Å². The molecule has 0 bridgehead atoms. The third kappa shape index (κ3) is 2.08. The highest BCUT2D eigenvalue weighted by Crippen LogP contribution is 2.52. The zero-order valence-corrected chi connectivity index (χ0v) is 8.98. The van der Waals surface area contributed by atoms with Gasteiger partial charge in [0.15, 0.2) is 0 Å². The molecule has 72 valence electrons. The lowest BCUT2D eigenvalue weighted by Crippen LogP contribution is -2.43. The summed E-state index contributed by atoms with van der Waals surface area (Å²) in [6.07, 6.45) is 9.46. The molecule has 0 nitrogen and oxygen atoms in total. The van der Waals surface area contributed by atoms with E-state index in [2.05, 4.69) is 19.7 Å². The van der Waals surface area contributed by atoms with E-state index < -0.39 is 0 Å². The summed E-state index contributed by atoms with van der Waals surface area (Å²) in [5, 5.41) is 0.737. The zero-order chi connectivity index (χ0) is 9.73. The first-order valence-corrected chi connectivity index (χ1v) is 5.78. The van der Waals surface area contributed by atoms with Crippen LogP contribution >= 0.6 is 11.8 Å². The molecule has 0 aliphatic carbocycles. The van der Waals surface area contributed by atoms with Crippen LogP contribution in [0, 0.1) is 5.41 Å². The van der Waals surface area contributed by atoms with E-state index in [0.29, 0.717) is 5.41 Å². The zero-order valence-electron chi connectivity index (χ0n) is 8.17. The fourth-order valence-electron chi connectivity index (χ4n) is 1.95. The first kappa shape index (κ1) is 10.6. The van der Waals surface area contributed by atoms with Crippen molar-refractivity contribution in [1.82, 2.24) is 0 Å². The summed E-state index contributed by atoms with van der Waals surface area (Å²) in [6, 6.07) is 0. The summed E-state index contributed by atoms with van der Waals surface area (Å²) in [5.74, 6) is 1.25. The van der Waals surface area contributed by atoms with E-state index >= 15 is 0 Å². The summed E-state index contributed by atoms with van der Waals surface area (Å²) in [7, 11) is 0. The van der Waals surface area contributed by atoms with Gasteiger partial charge in [0, 0.05) is 11.0 Å². The van der Waals surface area contributed by atoms with Crippen LogP contribution in [0.1, 0.15) is 19.3 Å². The fraction of sp³-hybridized carbons (Fsp3) is 0.500. The quantitative estimate of drug-likeness (QED) is 0.579. The average Bonchev–Trinajstić information content (AvgIpc) is 2.12. The molecule has 0 N–H and O–H groups in total. The minimum absolute atomic E-state index is 0.447. The predicted octanol–water partition coefficient (Wildman–Crippen LogP) is 3.82. The summed E-state index contributed by atoms with van der Waals surface area (Å²) >= 11 is 2.05. The van der Waals surface area contributed by atoms with Gasteiger partial charge in [0.05, 0.1) is 0 Å². The Labute approximate surface area is 85.8 Å². The standard InChI is InChI=1S/C12H18S/c1-4-7-11-12(8-5-2,9-6-3)10-13-11/h4-6,11H,1-3,7-10H2. The van der Waals surface area contributed by atoms with Crippen molar-refractivity contribution in [3.8, 4) is 0 Å². The van der Waals surface area contributed by atoms with Crippen molar-refractivity contribution in [3.05, 3.63) is 38.0 Å². The normalized spacial score (nSPS) is 24.5. The predicted molar refractivity (Wildman–Crippen MR) is 63.1 cm³/mol. The third-order valence-electron chi connectivity index (χ3n) is 2.74. The smallest absolute Gasteiger partial charge is 0.0152 e. The highest BCUT2D eigenvalue weighted by Gasteiger charge is 2.44. The van der Waals surface area contributed by atoms with Crippen LogP contribution in [0.25, 0.3) is 0 Å². The molecule has 1 fully saturated rings. The fourth-order valence-corrected chi connectivity index (χ4v) is 3.52. The van der Waals surface area contributed by atoms with Gasteiger partial charge in [-0.15, -0.1) is 19.7 Å². The molecule has 13 heavy (non-hydrogen) atoms. The van der Waals surface area contributed by atoms with E-state index in [1.807, 2.05) is 30.0 Å². The lowest BCUT2D eigenvalue weighted by molar-refractivity contribution is 0.299. The number of hydrogen-bond donors (Lipinski definition) is 0. The van der Waals surface area contributed by atoms with E-state index in [0.717, 1.165) is 24.5 Å². The van der Waals surface area contributed by atoms with Gasteiger partial charge in [0.25, 0.3) is 0 Å². The molecule has 0 aromatic carbocycles. The summed E-state index contributed by atoms with van der Waals surface area (Å²) in [5.41, 5.74) is 0.447. The minimum Gasteiger partial charge on any atom is -0.157 e. The van der Waals surface area contributed by atoms with Crippen LogP contribution in [0.15, 0.2) is 38.0 Å². The SMILES string of the molecule is C=CCC1SCC1(CC=C)CC=C. The van der Waals surface area contributed by atoms with Crippen molar-refractivity contribution < 1.29 is 0 Å². The van der Waals surface area contributed by atoms with Gasteiger partial charge in [0.2, 0.25) is 0 Å². The van der Waals surface area contributed by atoms with Gasteiger partial charge in [0.1, 0.15) is 0 Å². The molecule has 0 radical (unpaired) electrons. The third-order valence-corrected chi connectivity index (χ3v) is 4.57. The van der Waals surface area contributed by atoms with E-state index in [-0.39, 0.29) is 0 Å². The number of rotatable bonds is 6. The van der Waals surface area contributed by atoms with Gasteiger partial charge in [-0.2, -0.15) is 11.8 Å². The van der Waals surface area contributed by atoms with Gasteiger partial charge < -0.3 is 0 Å². The maximum Gasteiger partial charge on any atom is 0.0152 e. The van der Waals surface area contributed by atoms with Gasteiger partial charge in [-0.05, 0) is 24.7 Å². The highest BCUT2D eigenvalue weighted by atomic mass is 32.2. The lowest BCUT2D eigenvalue weighted by Gasteiger charge is -2.48. The first-order valence-electron chi connectivity index (χ1n) is 4.73. The van der Waals surface area contributed by atoms with Crippen LogP contribution in [0.2, 0.25) is 0 Å². The van der Waals surface area contributed by atoms with Crippen LogP contribution in [-0.2, 0) is 0 Å². The topological polar surface area (TPSA) is 0 Å². The van der Waals surface area contributed by atoms with Crippen molar-refractivity contribution in [2.24, 2.45) is 5.41 Å². The van der Waals surface area contributed by atoms with Crippen molar-refractivity contribution in [2.75, 3.05) is 5.75 Å². The molecule has 1 heteroatoms. The van der Waals surface area contributed by atoms with Crippen LogP contribution in [0.5, 0.6) is 0 Å². The van der Waals surface area contributed by atoms with Gasteiger partial charge >= 0.3 is 0 Å². The second-order valence-corrected chi connectivity index (χ2v) is 4.86. The molecule has 1 aliphatic rings. The Morgan fingerprint density at radius 1 is 1.15 bits per heavy atom. The van der Waals surface area contributed by atoms with Gasteiger partial charge in [-0.1, -0.05) is 18.2 Å². The molecule has 0 saturated carbocycles. The average molecular weight is 194 g/mol.